The summed E-state index contributed by atoms with van der Waals surface area (Å²) in [5.74, 6) is 0.232. The first-order valence-corrected chi connectivity index (χ1v) is 7.87. The number of hydrogen-bond donors (Lipinski definition) is 1. The molecule has 5 heteroatoms. The smallest absolute Gasteiger partial charge is 0.238 e. The van der Waals surface area contributed by atoms with Gasteiger partial charge in [-0.3, -0.25) is 10.1 Å². The zero-order valence-electron chi connectivity index (χ0n) is 11.4. The van der Waals surface area contributed by atoms with Gasteiger partial charge >= 0.3 is 0 Å². The predicted octanol–water partition coefficient (Wildman–Crippen LogP) is 1.58. The fraction of sp³-hybridized carbons (Fsp3) is 0.643. The van der Waals surface area contributed by atoms with Gasteiger partial charge in [0.1, 0.15) is 6.17 Å². The summed E-state index contributed by atoms with van der Waals surface area (Å²) in [6.45, 7) is 6.82. The molecule has 1 unspecified atom stereocenters. The molecule has 0 aliphatic carbocycles. The summed E-state index contributed by atoms with van der Waals surface area (Å²) in [5, 5.41) is 3.33. The average Bonchev–Trinajstić information content (AvgIpc) is 3.08. The second kappa shape index (κ2) is 5.61. The number of rotatable bonds is 4. The highest BCUT2D eigenvalue weighted by atomic mass is 32.1. The van der Waals surface area contributed by atoms with Crippen molar-refractivity contribution in [2.75, 3.05) is 32.7 Å². The molecule has 2 aliphatic rings. The molecule has 104 valence electrons. The number of hydrogen-bond acceptors (Lipinski definition) is 4. The molecular weight excluding hydrogens is 258 g/mol. The first-order valence-electron chi connectivity index (χ1n) is 7.05. The van der Waals surface area contributed by atoms with Gasteiger partial charge in [-0.2, -0.15) is 0 Å². The highest BCUT2D eigenvalue weighted by molar-refractivity contribution is 7.12. The van der Waals surface area contributed by atoms with Crippen molar-refractivity contribution in [1.29, 1.82) is 0 Å². The van der Waals surface area contributed by atoms with Crippen LogP contribution in [0.25, 0.3) is 0 Å². The summed E-state index contributed by atoms with van der Waals surface area (Å²) < 4.78 is 0. The van der Waals surface area contributed by atoms with Gasteiger partial charge in [-0.1, -0.05) is 0 Å². The van der Waals surface area contributed by atoms with Crippen LogP contribution in [0.3, 0.4) is 0 Å². The van der Waals surface area contributed by atoms with Gasteiger partial charge in [0.05, 0.1) is 6.54 Å². The van der Waals surface area contributed by atoms with Crippen molar-refractivity contribution in [1.82, 2.24) is 15.1 Å². The maximum absolute atomic E-state index is 12.0. The van der Waals surface area contributed by atoms with Crippen molar-refractivity contribution in [3.63, 3.8) is 0 Å². The number of nitrogens with zero attached hydrogens (tertiary/aromatic N) is 2. The minimum atomic E-state index is 0.0915. The number of nitrogens with one attached hydrogen (secondary N) is 1. The van der Waals surface area contributed by atoms with Gasteiger partial charge in [0.15, 0.2) is 0 Å². The molecular formula is C14H21N3OS. The quantitative estimate of drug-likeness (QED) is 0.909. The van der Waals surface area contributed by atoms with E-state index in [1.165, 1.54) is 35.7 Å². The average molecular weight is 279 g/mol. The lowest BCUT2D eigenvalue weighted by Crippen LogP contribution is -2.37. The fourth-order valence-electron chi connectivity index (χ4n) is 2.90. The van der Waals surface area contributed by atoms with Gasteiger partial charge in [-0.15, -0.1) is 11.3 Å². The Morgan fingerprint density at radius 2 is 2.11 bits per heavy atom. The van der Waals surface area contributed by atoms with Crippen LogP contribution in [-0.4, -0.2) is 48.4 Å². The van der Waals surface area contributed by atoms with Crippen LogP contribution in [0.5, 0.6) is 0 Å². The molecule has 1 amide bonds. The van der Waals surface area contributed by atoms with Gasteiger partial charge < -0.3 is 9.80 Å². The number of amides is 1. The molecule has 1 atom stereocenters. The van der Waals surface area contributed by atoms with Crippen molar-refractivity contribution in [2.45, 2.75) is 25.9 Å². The molecule has 4 nitrogen and oxygen atoms in total. The van der Waals surface area contributed by atoms with Crippen LogP contribution in [0.4, 0.5) is 0 Å². The Morgan fingerprint density at radius 3 is 2.79 bits per heavy atom. The topological polar surface area (TPSA) is 35.6 Å². The summed E-state index contributed by atoms with van der Waals surface area (Å²) in [4.78, 5) is 19.0. The first-order chi connectivity index (χ1) is 9.24. The van der Waals surface area contributed by atoms with E-state index in [0.717, 1.165) is 13.1 Å². The SMILES string of the molecule is Cc1ccc(C2NCC(=O)N2CCN2CCCC2)s1. The second-order valence-corrected chi connectivity index (χ2v) is 6.69. The van der Waals surface area contributed by atoms with E-state index in [1.807, 2.05) is 4.90 Å². The third-order valence-electron chi connectivity index (χ3n) is 3.97. The monoisotopic (exact) mass is 279 g/mol. The number of aryl methyl sites for hydroxylation is 1. The predicted molar refractivity (Wildman–Crippen MR) is 77.2 cm³/mol. The van der Waals surface area contributed by atoms with Crippen molar-refractivity contribution in [3.8, 4) is 0 Å². The first kappa shape index (κ1) is 13.1. The van der Waals surface area contributed by atoms with E-state index in [1.54, 1.807) is 11.3 Å². The van der Waals surface area contributed by atoms with Crippen molar-refractivity contribution < 1.29 is 4.79 Å². The molecule has 0 bridgehead atoms. The summed E-state index contributed by atoms with van der Waals surface area (Å²) >= 11 is 1.78. The molecule has 19 heavy (non-hydrogen) atoms. The number of likely N-dealkylation sites (tertiary alicyclic amines) is 1. The molecule has 0 spiro atoms. The highest BCUT2D eigenvalue weighted by Crippen LogP contribution is 2.28. The molecule has 2 saturated heterocycles. The Kier molecular flexibility index (Phi) is 3.86. The van der Waals surface area contributed by atoms with Gasteiger partial charge in [-0.25, -0.2) is 0 Å². The summed E-state index contributed by atoms with van der Waals surface area (Å²) in [5.41, 5.74) is 0. The van der Waals surface area contributed by atoms with Crippen molar-refractivity contribution >= 4 is 17.2 Å². The van der Waals surface area contributed by atoms with Crippen LogP contribution < -0.4 is 5.32 Å². The van der Waals surface area contributed by atoms with Gasteiger partial charge in [0.2, 0.25) is 5.91 Å². The molecule has 0 radical (unpaired) electrons. The standard InChI is InChI=1S/C14H21N3OS/c1-11-4-5-12(19-11)14-15-10-13(18)17(14)9-8-16-6-2-3-7-16/h4-5,14-15H,2-3,6-10H2,1H3. The Labute approximate surface area is 118 Å². The molecule has 1 aromatic rings. The van der Waals surface area contributed by atoms with E-state index in [2.05, 4.69) is 29.3 Å². The highest BCUT2D eigenvalue weighted by Gasteiger charge is 2.32. The molecule has 0 aromatic carbocycles. The zero-order valence-corrected chi connectivity index (χ0v) is 12.2. The van der Waals surface area contributed by atoms with E-state index >= 15 is 0 Å². The molecule has 1 aromatic heterocycles. The van der Waals surface area contributed by atoms with Crippen LogP contribution in [0.15, 0.2) is 12.1 Å². The van der Waals surface area contributed by atoms with E-state index in [-0.39, 0.29) is 12.1 Å². The minimum Gasteiger partial charge on any atom is -0.320 e. The number of carbonyl (C=O) groups is 1. The van der Waals surface area contributed by atoms with Crippen LogP contribution >= 0.6 is 11.3 Å². The fourth-order valence-corrected chi connectivity index (χ4v) is 3.87. The molecule has 1 N–H and O–H groups in total. The van der Waals surface area contributed by atoms with Crippen LogP contribution in [0, 0.1) is 6.92 Å². The Hall–Kier alpha value is -0.910. The second-order valence-electron chi connectivity index (χ2n) is 5.37. The number of thiophene rings is 1. The van der Waals surface area contributed by atoms with E-state index < -0.39 is 0 Å². The zero-order chi connectivity index (χ0) is 13.2. The lowest BCUT2D eigenvalue weighted by atomic mass is 10.3. The third-order valence-corrected chi connectivity index (χ3v) is 5.02. The summed E-state index contributed by atoms with van der Waals surface area (Å²) in [7, 11) is 0. The largest absolute Gasteiger partial charge is 0.320 e. The van der Waals surface area contributed by atoms with E-state index in [4.69, 9.17) is 0 Å². The molecule has 2 aliphatic heterocycles. The summed E-state index contributed by atoms with van der Waals surface area (Å²) in [6, 6.07) is 4.27. The van der Waals surface area contributed by atoms with Gasteiger partial charge in [0, 0.05) is 22.8 Å². The molecule has 2 fully saturated rings. The third kappa shape index (κ3) is 2.83. The summed E-state index contributed by atoms with van der Waals surface area (Å²) in [6.07, 6.45) is 2.70. The number of carbonyl (C=O) groups excluding carboxylic acids is 1. The van der Waals surface area contributed by atoms with E-state index in [0.29, 0.717) is 6.54 Å². The van der Waals surface area contributed by atoms with Gasteiger partial charge in [0.25, 0.3) is 0 Å². The minimum absolute atomic E-state index is 0.0915. The lowest BCUT2D eigenvalue weighted by Gasteiger charge is -2.26. The molecule has 3 heterocycles. The van der Waals surface area contributed by atoms with Crippen molar-refractivity contribution in [2.24, 2.45) is 0 Å². The Balaban J connectivity index is 1.64. The maximum atomic E-state index is 12.0. The molecule has 3 rings (SSSR count). The normalized spacial score (nSPS) is 24.6. The maximum Gasteiger partial charge on any atom is 0.238 e. The Bertz CT molecular complexity index is 453. The Morgan fingerprint density at radius 1 is 1.32 bits per heavy atom. The van der Waals surface area contributed by atoms with Crippen LogP contribution in [0.2, 0.25) is 0 Å². The van der Waals surface area contributed by atoms with Gasteiger partial charge in [-0.05, 0) is 45.0 Å². The van der Waals surface area contributed by atoms with Crippen LogP contribution in [-0.2, 0) is 4.79 Å². The lowest BCUT2D eigenvalue weighted by molar-refractivity contribution is -0.128. The van der Waals surface area contributed by atoms with Crippen molar-refractivity contribution in [3.05, 3.63) is 21.9 Å². The van der Waals surface area contributed by atoms with Crippen LogP contribution in [0.1, 0.15) is 28.8 Å². The van der Waals surface area contributed by atoms with E-state index in [9.17, 15) is 4.79 Å². The molecule has 0 saturated carbocycles.